The van der Waals surface area contributed by atoms with E-state index < -0.39 is 0 Å². The third-order valence-electron chi connectivity index (χ3n) is 4.28. The lowest BCUT2D eigenvalue weighted by molar-refractivity contribution is -0.146. The highest BCUT2D eigenvalue weighted by Gasteiger charge is 2.05. The summed E-state index contributed by atoms with van der Waals surface area (Å²) < 4.78 is 10.3. The standard InChI is InChI=1S/C21H40O4/c1-3-5-7-9-10-12-14-17-21(23)25-19-15-18-24-20(22)16-13-11-8-6-4-2/h3-19H2,1-2H3. The molecule has 25 heavy (non-hydrogen) atoms. The smallest absolute Gasteiger partial charge is 0.305 e. The fraction of sp³-hybridized carbons (Fsp3) is 0.905. The van der Waals surface area contributed by atoms with Gasteiger partial charge in [-0.3, -0.25) is 9.59 Å². The van der Waals surface area contributed by atoms with Gasteiger partial charge in [0.2, 0.25) is 0 Å². The Morgan fingerprint density at radius 3 is 1.28 bits per heavy atom. The molecule has 0 saturated carbocycles. The molecule has 0 fully saturated rings. The van der Waals surface area contributed by atoms with E-state index in [2.05, 4.69) is 13.8 Å². The molecule has 0 aromatic carbocycles. The van der Waals surface area contributed by atoms with Crippen molar-refractivity contribution >= 4 is 11.9 Å². The van der Waals surface area contributed by atoms with Crippen LogP contribution in [0, 0.1) is 0 Å². The minimum Gasteiger partial charge on any atom is -0.466 e. The second-order valence-electron chi connectivity index (χ2n) is 6.83. The van der Waals surface area contributed by atoms with Gasteiger partial charge in [-0.25, -0.2) is 0 Å². The SMILES string of the molecule is CCCCCCCCCC(=O)OCCCOC(=O)CCCCCCC. The summed E-state index contributed by atoms with van der Waals surface area (Å²) in [6, 6.07) is 0. The quantitative estimate of drug-likeness (QED) is 0.224. The molecule has 0 bridgehead atoms. The van der Waals surface area contributed by atoms with Gasteiger partial charge in [-0.1, -0.05) is 78.1 Å². The van der Waals surface area contributed by atoms with Gasteiger partial charge in [-0.15, -0.1) is 0 Å². The van der Waals surface area contributed by atoms with E-state index in [0.717, 1.165) is 25.7 Å². The van der Waals surface area contributed by atoms with Crippen LogP contribution in [0.25, 0.3) is 0 Å². The summed E-state index contributed by atoms with van der Waals surface area (Å²) in [7, 11) is 0. The lowest BCUT2D eigenvalue weighted by Crippen LogP contribution is -2.10. The van der Waals surface area contributed by atoms with Gasteiger partial charge in [0.25, 0.3) is 0 Å². The van der Waals surface area contributed by atoms with Gasteiger partial charge in [0, 0.05) is 19.3 Å². The van der Waals surface area contributed by atoms with Crippen molar-refractivity contribution in [2.45, 2.75) is 110 Å². The molecule has 0 aliphatic carbocycles. The fourth-order valence-corrected chi connectivity index (χ4v) is 2.67. The molecule has 0 heterocycles. The molecule has 0 aromatic heterocycles. The first kappa shape index (κ1) is 23.9. The monoisotopic (exact) mass is 356 g/mol. The molecule has 0 amide bonds. The first-order valence-corrected chi connectivity index (χ1v) is 10.5. The third kappa shape index (κ3) is 19.1. The van der Waals surface area contributed by atoms with Crippen molar-refractivity contribution in [2.24, 2.45) is 0 Å². The van der Waals surface area contributed by atoms with Crippen molar-refractivity contribution in [1.82, 2.24) is 0 Å². The number of carbonyl (C=O) groups excluding carboxylic acids is 2. The number of ether oxygens (including phenoxy) is 2. The van der Waals surface area contributed by atoms with Gasteiger partial charge in [0.15, 0.2) is 0 Å². The second-order valence-corrected chi connectivity index (χ2v) is 6.83. The Hall–Kier alpha value is -1.06. The molecule has 0 aliphatic heterocycles. The molecular weight excluding hydrogens is 316 g/mol. The highest BCUT2D eigenvalue weighted by atomic mass is 16.5. The van der Waals surface area contributed by atoms with Crippen LogP contribution in [0.2, 0.25) is 0 Å². The van der Waals surface area contributed by atoms with E-state index in [1.807, 2.05) is 0 Å². The van der Waals surface area contributed by atoms with E-state index >= 15 is 0 Å². The number of rotatable bonds is 18. The van der Waals surface area contributed by atoms with Crippen LogP contribution < -0.4 is 0 Å². The maximum atomic E-state index is 11.6. The Balaban J connectivity index is 3.29. The highest BCUT2D eigenvalue weighted by Crippen LogP contribution is 2.09. The predicted octanol–water partition coefficient (Wildman–Crippen LogP) is 5.96. The highest BCUT2D eigenvalue weighted by molar-refractivity contribution is 5.69. The summed E-state index contributed by atoms with van der Waals surface area (Å²) in [4.78, 5) is 23.1. The summed E-state index contributed by atoms with van der Waals surface area (Å²) in [5.41, 5.74) is 0. The molecule has 0 N–H and O–H groups in total. The van der Waals surface area contributed by atoms with Gasteiger partial charge >= 0.3 is 11.9 Å². The normalized spacial score (nSPS) is 10.6. The number of unbranched alkanes of at least 4 members (excludes halogenated alkanes) is 10. The van der Waals surface area contributed by atoms with E-state index in [4.69, 9.17) is 9.47 Å². The van der Waals surface area contributed by atoms with Crippen LogP contribution >= 0.6 is 0 Å². The number of hydrogen-bond acceptors (Lipinski definition) is 4. The molecule has 0 spiro atoms. The second kappa shape index (κ2) is 19.3. The number of esters is 2. The molecule has 148 valence electrons. The van der Waals surface area contributed by atoms with Gasteiger partial charge in [0.05, 0.1) is 13.2 Å². The number of carbonyl (C=O) groups is 2. The molecule has 0 unspecified atom stereocenters. The molecule has 0 saturated heterocycles. The Kier molecular flexibility index (Phi) is 18.5. The Morgan fingerprint density at radius 1 is 0.520 bits per heavy atom. The summed E-state index contributed by atoms with van der Waals surface area (Å²) in [6.45, 7) is 5.08. The van der Waals surface area contributed by atoms with E-state index in [1.54, 1.807) is 0 Å². The van der Waals surface area contributed by atoms with Crippen LogP contribution in [0.15, 0.2) is 0 Å². The Labute approximate surface area is 155 Å². The van der Waals surface area contributed by atoms with Crippen LogP contribution in [-0.2, 0) is 19.1 Å². The molecule has 0 rings (SSSR count). The van der Waals surface area contributed by atoms with Crippen LogP contribution in [0.1, 0.15) is 110 Å². The molecular formula is C21H40O4. The molecule has 4 nitrogen and oxygen atoms in total. The molecule has 0 aliphatic rings. The van der Waals surface area contributed by atoms with Crippen molar-refractivity contribution in [1.29, 1.82) is 0 Å². The number of hydrogen-bond donors (Lipinski definition) is 0. The average Bonchev–Trinajstić information content (AvgIpc) is 2.60. The summed E-state index contributed by atoms with van der Waals surface area (Å²) in [6.07, 6.45) is 15.6. The van der Waals surface area contributed by atoms with E-state index in [-0.39, 0.29) is 11.9 Å². The predicted molar refractivity (Wildman–Crippen MR) is 103 cm³/mol. The van der Waals surface area contributed by atoms with Gasteiger partial charge < -0.3 is 9.47 Å². The minimum absolute atomic E-state index is 0.129. The van der Waals surface area contributed by atoms with Crippen LogP contribution in [0.3, 0.4) is 0 Å². The van der Waals surface area contributed by atoms with Crippen LogP contribution in [0.5, 0.6) is 0 Å². The van der Waals surface area contributed by atoms with Gasteiger partial charge in [0.1, 0.15) is 0 Å². The van der Waals surface area contributed by atoms with Crippen molar-refractivity contribution in [2.75, 3.05) is 13.2 Å². The van der Waals surface area contributed by atoms with Crippen LogP contribution in [0.4, 0.5) is 0 Å². The summed E-state index contributed by atoms with van der Waals surface area (Å²) in [5, 5.41) is 0. The lowest BCUT2D eigenvalue weighted by Gasteiger charge is -2.06. The van der Waals surface area contributed by atoms with Crippen molar-refractivity contribution in [3.63, 3.8) is 0 Å². The largest absolute Gasteiger partial charge is 0.466 e. The third-order valence-corrected chi connectivity index (χ3v) is 4.28. The maximum absolute atomic E-state index is 11.6. The van der Waals surface area contributed by atoms with Crippen LogP contribution in [-0.4, -0.2) is 25.2 Å². The first-order chi connectivity index (χ1) is 12.2. The van der Waals surface area contributed by atoms with Crippen molar-refractivity contribution in [3.05, 3.63) is 0 Å². The van der Waals surface area contributed by atoms with E-state index in [0.29, 0.717) is 32.5 Å². The van der Waals surface area contributed by atoms with Crippen molar-refractivity contribution < 1.29 is 19.1 Å². The van der Waals surface area contributed by atoms with Gasteiger partial charge in [-0.2, -0.15) is 0 Å². The Morgan fingerprint density at radius 2 is 0.880 bits per heavy atom. The van der Waals surface area contributed by atoms with Gasteiger partial charge in [-0.05, 0) is 12.8 Å². The average molecular weight is 357 g/mol. The zero-order chi connectivity index (χ0) is 18.6. The zero-order valence-electron chi connectivity index (χ0n) is 16.7. The topological polar surface area (TPSA) is 52.6 Å². The first-order valence-electron chi connectivity index (χ1n) is 10.5. The molecule has 0 aromatic rings. The molecule has 4 heteroatoms. The molecule has 0 atom stereocenters. The maximum Gasteiger partial charge on any atom is 0.305 e. The lowest BCUT2D eigenvalue weighted by atomic mass is 10.1. The van der Waals surface area contributed by atoms with E-state index in [9.17, 15) is 9.59 Å². The fourth-order valence-electron chi connectivity index (χ4n) is 2.67. The Bertz CT molecular complexity index is 315. The van der Waals surface area contributed by atoms with Crippen molar-refractivity contribution in [3.8, 4) is 0 Å². The van der Waals surface area contributed by atoms with E-state index in [1.165, 1.54) is 51.4 Å². The molecule has 0 radical (unpaired) electrons. The minimum atomic E-state index is -0.133. The zero-order valence-corrected chi connectivity index (χ0v) is 16.7. The summed E-state index contributed by atoms with van der Waals surface area (Å²) in [5.74, 6) is -0.262. The summed E-state index contributed by atoms with van der Waals surface area (Å²) >= 11 is 0.